The maximum Gasteiger partial charge on any atom is 0.245 e. The van der Waals surface area contributed by atoms with Gasteiger partial charge in [-0.15, -0.1) is 0 Å². The zero-order chi connectivity index (χ0) is 52.4. The minimum absolute atomic E-state index is 0.0482. The van der Waals surface area contributed by atoms with Crippen molar-refractivity contribution in [3.05, 3.63) is 29.8 Å². The van der Waals surface area contributed by atoms with Crippen molar-refractivity contribution in [3.63, 3.8) is 0 Å². The number of benzene rings is 1. The molecule has 0 aromatic heterocycles. The Kier molecular flexibility index (Phi) is 21.9. The quantitative estimate of drug-likeness (QED) is 0.0702. The highest BCUT2D eigenvalue weighted by Crippen LogP contribution is 2.24. The van der Waals surface area contributed by atoms with E-state index in [1.807, 2.05) is 0 Å². The summed E-state index contributed by atoms with van der Waals surface area (Å²) in [5.41, 5.74) is 16.4. The summed E-state index contributed by atoms with van der Waals surface area (Å²) in [6.07, 6.45) is -5.26. The Morgan fingerprint density at radius 1 is 0.800 bits per heavy atom. The van der Waals surface area contributed by atoms with Crippen molar-refractivity contribution in [3.8, 4) is 5.75 Å². The van der Waals surface area contributed by atoms with E-state index in [1.54, 1.807) is 27.7 Å². The number of halogens is 1. The van der Waals surface area contributed by atoms with Crippen LogP contribution in [0.4, 0.5) is 4.39 Å². The van der Waals surface area contributed by atoms with Crippen LogP contribution in [0.25, 0.3) is 0 Å². The normalized spacial score (nSPS) is 24.0. The van der Waals surface area contributed by atoms with Crippen LogP contribution >= 0.6 is 0 Å². The molecule has 1 aromatic carbocycles. The predicted molar refractivity (Wildman–Crippen MR) is 244 cm³/mol. The number of likely N-dealkylation sites (tertiary alicyclic amines) is 1. The Balaban J connectivity index is 2.08. The second-order valence-corrected chi connectivity index (χ2v) is 17.8. The highest BCUT2D eigenvalue weighted by atomic mass is 19.1. The third-order valence-electron chi connectivity index (χ3n) is 11.5. The molecule has 2 heterocycles. The van der Waals surface area contributed by atoms with Crippen LogP contribution in [-0.4, -0.2) is 149 Å². The van der Waals surface area contributed by atoms with E-state index < -0.39 is 183 Å². The second-order valence-electron chi connectivity index (χ2n) is 17.8. The number of phenolic OH excluding ortho intramolecular Hbond substituents is 1. The maximum absolute atomic E-state index is 15.3. The lowest BCUT2D eigenvalue weighted by atomic mass is 9.96. The Hall–Kier alpha value is -7.41. The van der Waals surface area contributed by atoms with Crippen LogP contribution in [0.3, 0.4) is 0 Å². The molecule has 70 heavy (non-hydrogen) atoms. The number of nitrogens with two attached hydrogens (primary N) is 3. The summed E-state index contributed by atoms with van der Waals surface area (Å²) in [5, 5.41) is 29.2. The molecule has 0 bridgehead atoms. The Bertz CT molecular complexity index is 2130. The average Bonchev–Trinajstić information content (AvgIpc) is 3.69. The van der Waals surface area contributed by atoms with Crippen LogP contribution in [0.15, 0.2) is 24.3 Å². The fraction of sp³-hybridized carbons (Fsp3) is 0.591. The first-order valence-electron chi connectivity index (χ1n) is 22.8. The van der Waals surface area contributed by atoms with Crippen molar-refractivity contribution < 1.29 is 67.0 Å². The molecular weight excluding hydrogens is 924 g/mol. The first-order chi connectivity index (χ1) is 32.9. The monoisotopic (exact) mass is 988 g/mol. The number of hydrogen-bond acceptors (Lipinski definition) is 13. The van der Waals surface area contributed by atoms with Gasteiger partial charge >= 0.3 is 0 Å². The van der Waals surface area contributed by atoms with Gasteiger partial charge in [0.05, 0.1) is 26.1 Å². The van der Waals surface area contributed by atoms with Crippen molar-refractivity contribution in [1.29, 1.82) is 0 Å². The van der Waals surface area contributed by atoms with Gasteiger partial charge in [-0.1, -0.05) is 46.2 Å². The number of rotatable bonds is 17. The zero-order valence-corrected chi connectivity index (χ0v) is 39.5. The summed E-state index contributed by atoms with van der Waals surface area (Å²) in [5.74, 6) is -12.7. The summed E-state index contributed by atoms with van der Waals surface area (Å²) >= 11 is 0. The summed E-state index contributed by atoms with van der Waals surface area (Å²) in [6, 6.07) is -5.34. The van der Waals surface area contributed by atoms with Crippen molar-refractivity contribution in [1.82, 2.24) is 47.4 Å². The molecule has 1 unspecified atom stereocenters. The van der Waals surface area contributed by atoms with Gasteiger partial charge in [0.25, 0.3) is 0 Å². The first-order valence-corrected chi connectivity index (χ1v) is 22.8. The SMILES string of the molecule is CC[C@H](C)[C@@H]1NC(=O)[C@H](Cc2ccc(O)cc2)NC(=O)CNC(=O)CC[C@@H](C(=O)N2C[C@H](F)C[C@H]2C(=O)NC(CC(C)C)C(=O)NCC(N)=O)NC(=O)[C@H](CC(N)=O)NC(=O)[C@H](CCC(N)=O)NC1=O. The molecule has 9 atom stereocenters. The highest BCUT2D eigenvalue weighted by molar-refractivity contribution is 6.00. The van der Waals surface area contributed by atoms with Gasteiger partial charge < -0.3 is 69.7 Å². The van der Waals surface area contributed by atoms with E-state index in [0.29, 0.717) is 12.0 Å². The van der Waals surface area contributed by atoms with Gasteiger partial charge in [0.15, 0.2) is 0 Å². The van der Waals surface area contributed by atoms with Crippen LogP contribution in [0.5, 0.6) is 5.75 Å². The molecule has 2 aliphatic rings. The number of nitrogens with one attached hydrogen (secondary N) is 8. The summed E-state index contributed by atoms with van der Waals surface area (Å²) in [6.45, 7) is 4.81. The molecule has 0 spiro atoms. The van der Waals surface area contributed by atoms with Gasteiger partial charge in [-0.05, 0) is 48.8 Å². The summed E-state index contributed by atoms with van der Waals surface area (Å²) in [4.78, 5) is 160. The van der Waals surface area contributed by atoms with E-state index in [2.05, 4.69) is 42.5 Å². The molecule has 12 amide bonds. The van der Waals surface area contributed by atoms with Gasteiger partial charge in [0, 0.05) is 25.7 Å². The number of hydrogen-bond donors (Lipinski definition) is 12. The highest BCUT2D eigenvalue weighted by Gasteiger charge is 2.44. The minimum Gasteiger partial charge on any atom is -0.508 e. The lowest BCUT2D eigenvalue weighted by Crippen LogP contribution is -2.61. The number of nitrogens with zero attached hydrogens (tertiary/aromatic N) is 1. The average molecular weight is 989 g/mol. The smallest absolute Gasteiger partial charge is 0.245 e. The molecule has 3 rings (SSSR count). The summed E-state index contributed by atoms with van der Waals surface area (Å²) in [7, 11) is 0. The van der Waals surface area contributed by atoms with Crippen LogP contribution < -0.4 is 59.7 Å². The van der Waals surface area contributed by atoms with Crippen molar-refractivity contribution in [2.45, 2.75) is 134 Å². The third kappa shape index (κ3) is 18.2. The topological polar surface area (TPSA) is 403 Å². The number of alkyl halides is 1. The molecule has 26 heteroatoms. The minimum atomic E-state index is -1.90. The van der Waals surface area contributed by atoms with E-state index in [9.17, 15) is 62.6 Å². The van der Waals surface area contributed by atoms with Gasteiger partial charge in [-0.25, -0.2) is 4.39 Å². The molecule has 2 fully saturated rings. The summed E-state index contributed by atoms with van der Waals surface area (Å²) < 4.78 is 15.3. The molecule has 1 aromatic rings. The number of primary amides is 3. The number of carbonyl (C=O) groups excluding carboxylic acids is 12. The maximum atomic E-state index is 15.3. The number of amides is 12. The fourth-order valence-corrected chi connectivity index (χ4v) is 7.60. The van der Waals surface area contributed by atoms with E-state index in [1.165, 1.54) is 24.3 Å². The van der Waals surface area contributed by atoms with Gasteiger partial charge in [0.2, 0.25) is 70.9 Å². The number of phenols is 1. The van der Waals surface area contributed by atoms with Gasteiger partial charge in [0.1, 0.15) is 54.2 Å². The lowest BCUT2D eigenvalue weighted by molar-refractivity contribution is -0.143. The van der Waals surface area contributed by atoms with Gasteiger partial charge in [-0.2, -0.15) is 0 Å². The van der Waals surface area contributed by atoms with E-state index >= 15 is 4.39 Å². The molecule has 0 radical (unpaired) electrons. The Morgan fingerprint density at radius 3 is 2.03 bits per heavy atom. The lowest BCUT2D eigenvalue weighted by Gasteiger charge is -2.31. The first kappa shape index (κ1) is 56.9. The molecule has 2 aliphatic heterocycles. The van der Waals surface area contributed by atoms with E-state index in [0.717, 1.165) is 4.90 Å². The predicted octanol–water partition coefficient (Wildman–Crippen LogP) is -4.47. The molecule has 25 nitrogen and oxygen atoms in total. The second kappa shape index (κ2) is 27.0. The van der Waals surface area contributed by atoms with Crippen molar-refractivity contribution >= 4 is 70.9 Å². The van der Waals surface area contributed by atoms with Gasteiger partial charge in [-0.3, -0.25) is 57.5 Å². The zero-order valence-electron chi connectivity index (χ0n) is 39.5. The fourth-order valence-electron chi connectivity index (χ4n) is 7.60. The van der Waals surface area contributed by atoms with Crippen LogP contribution in [0.2, 0.25) is 0 Å². The van der Waals surface area contributed by atoms with Crippen molar-refractivity contribution in [2.24, 2.45) is 29.0 Å². The molecule has 15 N–H and O–H groups in total. The molecule has 0 saturated carbocycles. The van der Waals surface area contributed by atoms with Crippen LogP contribution in [0.1, 0.15) is 84.6 Å². The molecular formula is C44H65FN12O13. The molecule has 386 valence electrons. The van der Waals surface area contributed by atoms with E-state index in [-0.39, 0.29) is 24.5 Å². The molecule has 2 saturated heterocycles. The van der Waals surface area contributed by atoms with Crippen LogP contribution in [-0.2, 0) is 64.0 Å². The largest absolute Gasteiger partial charge is 0.508 e. The third-order valence-corrected chi connectivity index (χ3v) is 11.5. The van der Waals surface area contributed by atoms with E-state index in [4.69, 9.17) is 17.2 Å². The van der Waals surface area contributed by atoms with Crippen molar-refractivity contribution in [2.75, 3.05) is 19.6 Å². The van der Waals surface area contributed by atoms with Crippen LogP contribution in [0, 0.1) is 11.8 Å². The standard InChI is InChI=1S/C44H65FN12O13/c1-5-22(4)37-43(69)52-26(10-12-32(46)59)39(65)54-30(17-33(47)60)40(66)53-27(11-13-35(62)49-19-36(63)51-29(41(67)56-37)15-23-6-8-25(58)9-7-23)44(70)57-20-24(45)16-31(57)42(68)55-28(14-21(2)3)38(64)50-18-34(48)61/h6-9,21-22,24,26-31,37,58H,5,10-20H2,1-4H3,(H2,46,59)(H2,47,60)(H2,48,61)(H,49,62)(H,50,64)(H,51,63)(H,52,69)(H,53,66)(H,54,65)(H,55,68)(H,56,67)/t22-,24+,26-,27-,28?,29-,30-,31-,37-/m0/s1. The Labute approximate surface area is 402 Å². The number of carbonyl (C=O) groups is 12. The molecule has 0 aliphatic carbocycles. The Morgan fingerprint density at radius 2 is 1.43 bits per heavy atom. The number of aromatic hydroxyl groups is 1.